The Balaban J connectivity index is 1.67. The molecule has 1 aromatic carbocycles. The van der Waals surface area contributed by atoms with Crippen molar-refractivity contribution in [1.82, 2.24) is 0 Å². The van der Waals surface area contributed by atoms with E-state index in [2.05, 4.69) is 30.0 Å². The van der Waals surface area contributed by atoms with Crippen molar-refractivity contribution in [2.24, 2.45) is 0 Å². The van der Waals surface area contributed by atoms with Crippen LogP contribution in [-0.2, 0) is 14.5 Å². The number of aryl methyl sites for hydroxylation is 1. The average molecular weight is 264 g/mol. The van der Waals surface area contributed by atoms with Gasteiger partial charge in [0.2, 0.25) is 0 Å². The van der Waals surface area contributed by atoms with Crippen LogP contribution in [0, 0.1) is 6.92 Å². The molecule has 0 spiro atoms. The molecule has 2 heterocycles. The largest absolute Gasteiger partial charge is 0.491 e. The molecular weight excluding hydrogens is 248 g/mol. The molecule has 2 saturated heterocycles. The Morgan fingerprint density at radius 2 is 2.17 bits per heavy atom. The topological polar surface area (TPSA) is 36.9 Å². The summed E-state index contributed by atoms with van der Waals surface area (Å²) in [6.07, 6.45) is 0.0767. The summed E-state index contributed by atoms with van der Waals surface area (Å²) in [5, 5.41) is 1.29. The molecule has 0 aliphatic carbocycles. The molecule has 0 amide bonds. The molecule has 96 valence electrons. The zero-order valence-electron chi connectivity index (χ0n) is 10.3. The third-order valence-electron chi connectivity index (χ3n) is 3.08. The second-order valence-electron chi connectivity index (χ2n) is 4.64. The number of ether oxygens (including phenoxy) is 2. The van der Waals surface area contributed by atoms with Gasteiger partial charge in [0, 0.05) is 18.8 Å². The van der Waals surface area contributed by atoms with E-state index in [1.807, 2.05) is 0 Å². The van der Waals surface area contributed by atoms with Gasteiger partial charge in [-0.3, -0.25) is 0 Å². The molecule has 0 aromatic heterocycles. The van der Waals surface area contributed by atoms with Gasteiger partial charge < -0.3 is 9.47 Å². The molecule has 5 heteroatoms. The summed E-state index contributed by atoms with van der Waals surface area (Å²) in [6.45, 7) is 5.03. The fourth-order valence-electron chi connectivity index (χ4n) is 1.91. The Bertz CT molecular complexity index is 415. The van der Waals surface area contributed by atoms with Crippen LogP contribution in [0.4, 0.5) is 0 Å². The van der Waals surface area contributed by atoms with Gasteiger partial charge in [-0.1, -0.05) is 18.2 Å². The van der Waals surface area contributed by atoms with E-state index in [1.165, 1.54) is 10.8 Å². The SMILES string of the molecule is Cc1cccc([Si]C2COC2)c1OCC1COO1. The molecule has 1 atom stereocenters. The highest BCUT2D eigenvalue weighted by atomic mass is 28.2. The van der Waals surface area contributed by atoms with E-state index >= 15 is 0 Å². The smallest absolute Gasteiger partial charge is 0.153 e. The average Bonchev–Trinajstić information content (AvgIpc) is 2.24. The van der Waals surface area contributed by atoms with Crippen molar-refractivity contribution in [3.8, 4) is 5.75 Å². The molecule has 0 N–H and O–H groups in total. The van der Waals surface area contributed by atoms with Crippen LogP contribution in [-0.4, -0.2) is 42.1 Å². The summed E-state index contributed by atoms with van der Waals surface area (Å²) in [6, 6.07) is 6.32. The Labute approximate surface area is 109 Å². The van der Waals surface area contributed by atoms with Crippen molar-refractivity contribution in [2.45, 2.75) is 18.6 Å². The third kappa shape index (κ3) is 2.59. The highest BCUT2D eigenvalue weighted by molar-refractivity contribution is 6.56. The summed E-state index contributed by atoms with van der Waals surface area (Å²) in [7, 11) is 0.760. The monoisotopic (exact) mass is 264 g/mol. The molecule has 0 bridgehead atoms. The first-order valence-corrected chi connectivity index (χ1v) is 7.25. The van der Waals surface area contributed by atoms with Gasteiger partial charge in [0.25, 0.3) is 0 Å². The van der Waals surface area contributed by atoms with Crippen LogP contribution < -0.4 is 9.92 Å². The van der Waals surface area contributed by atoms with Gasteiger partial charge >= 0.3 is 0 Å². The predicted octanol–water partition coefficient (Wildman–Crippen LogP) is 0.852. The van der Waals surface area contributed by atoms with E-state index in [9.17, 15) is 0 Å². The first kappa shape index (κ1) is 12.2. The maximum absolute atomic E-state index is 5.90. The van der Waals surface area contributed by atoms with Gasteiger partial charge in [-0.15, -0.1) is 0 Å². The highest BCUT2D eigenvalue weighted by Gasteiger charge is 2.24. The summed E-state index contributed by atoms with van der Waals surface area (Å²) >= 11 is 0. The molecule has 1 aromatic rings. The molecule has 2 radical (unpaired) electrons. The van der Waals surface area contributed by atoms with Crippen molar-refractivity contribution in [2.75, 3.05) is 26.4 Å². The molecular formula is C13H16O4Si. The fraction of sp³-hybridized carbons (Fsp3) is 0.538. The minimum absolute atomic E-state index is 0.0767. The van der Waals surface area contributed by atoms with Crippen molar-refractivity contribution < 1.29 is 19.2 Å². The van der Waals surface area contributed by atoms with Crippen molar-refractivity contribution in [1.29, 1.82) is 0 Å². The highest BCUT2D eigenvalue weighted by Crippen LogP contribution is 2.20. The van der Waals surface area contributed by atoms with Crippen LogP contribution >= 0.6 is 0 Å². The number of hydrogen-bond donors (Lipinski definition) is 0. The summed E-state index contributed by atoms with van der Waals surface area (Å²) < 4.78 is 11.1. The number of benzene rings is 1. The minimum Gasteiger partial charge on any atom is -0.491 e. The van der Waals surface area contributed by atoms with Gasteiger partial charge in [0.1, 0.15) is 19.0 Å². The van der Waals surface area contributed by atoms with Crippen LogP contribution in [0.25, 0.3) is 0 Å². The first-order chi connectivity index (χ1) is 8.83. The number of rotatable bonds is 5. The summed E-state index contributed by atoms with van der Waals surface area (Å²) in [5.74, 6) is 1.01. The van der Waals surface area contributed by atoms with Crippen molar-refractivity contribution >= 4 is 14.7 Å². The molecule has 0 saturated carbocycles. The zero-order chi connectivity index (χ0) is 12.4. The van der Waals surface area contributed by atoms with Gasteiger partial charge in [0.15, 0.2) is 6.10 Å². The number of para-hydroxylation sites is 1. The Morgan fingerprint density at radius 3 is 2.78 bits per heavy atom. The molecule has 18 heavy (non-hydrogen) atoms. The van der Waals surface area contributed by atoms with Gasteiger partial charge in [-0.25, -0.2) is 9.78 Å². The van der Waals surface area contributed by atoms with E-state index in [4.69, 9.17) is 14.4 Å². The van der Waals surface area contributed by atoms with E-state index in [-0.39, 0.29) is 6.10 Å². The second kappa shape index (κ2) is 5.40. The van der Waals surface area contributed by atoms with Crippen LogP contribution in [0.15, 0.2) is 18.2 Å². The lowest BCUT2D eigenvalue weighted by Gasteiger charge is -2.28. The standard InChI is InChI=1S/C13H16O4Si/c1-9-3-2-4-12(18-11-7-14-8-11)13(9)15-5-10-6-16-17-10/h2-4,10-11H,5-8H2,1H3. The van der Waals surface area contributed by atoms with Crippen molar-refractivity contribution in [3.63, 3.8) is 0 Å². The molecule has 1 unspecified atom stereocenters. The summed E-state index contributed by atoms with van der Waals surface area (Å²) in [5.41, 5.74) is 1.85. The third-order valence-corrected chi connectivity index (χ3v) is 4.53. The van der Waals surface area contributed by atoms with Gasteiger partial charge in [0.05, 0.1) is 9.52 Å². The maximum atomic E-state index is 5.90. The lowest BCUT2D eigenvalue weighted by atomic mass is 10.2. The van der Waals surface area contributed by atoms with Gasteiger partial charge in [-0.05, 0) is 17.7 Å². The summed E-state index contributed by atoms with van der Waals surface area (Å²) in [4.78, 5) is 9.58. The fourth-order valence-corrected chi connectivity index (χ4v) is 3.35. The number of hydrogen-bond acceptors (Lipinski definition) is 4. The van der Waals surface area contributed by atoms with Crippen LogP contribution in [0.5, 0.6) is 5.75 Å². The lowest BCUT2D eigenvalue weighted by molar-refractivity contribution is -0.427. The van der Waals surface area contributed by atoms with E-state index in [0.29, 0.717) is 18.8 Å². The normalized spacial score (nSPS) is 23.3. The Hall–Kier alpha value is -0.883. The second-order valence-corrected chi connectivity index (χ2v) is 6.29. The van der Waals surface area contributed by atoms with E-state index in [0.717, 1.165) is 28.5 Å². The first-order valence-electron chi connectivity index (χ1n) is 6.18. The Kier molecular flexibility index (Phi) is 3.65. The van der Waals surface area contributed by atoms with Crippen LogP contribution in [0.2, 0.25) is 5.54 Å². The minimum atomic E-state index is 0.0767. The molecule has 3 rings (SSSR count). The zero-order valence-corrected chi connectivity index (χ0v) is 11.3. The van der Waals surface area contributed by atoms with Crippen LogP contribution in [0.1, 0.15) is 5.56 Å². The van der Waals surface area contributed by atoms with E-state index < -0.39 is 0 Å². The molecule has 2 aliphatic rings. The van der Waals surface area contributed by atoms with Gasteiger partial charge in [-0.2, -0.15) is 0 Å². The quantitative estimate of drug-likeness (QED) is 0.584. The lowest BCUT2D eigenvalue weighted by Crippen LogP contribution is -2.38. The molecule has 2 fully saturated rings. The van der Waals surface area contributed by atoms with E-state index in [1.54, 1.807) is 0 Å². The van der Waals surface area contributed by atoms with Crippen molar-refractivity contribution in [3.05, 3.63) is 23.8 Å². The van der Waals surface area contributed by atoms with Crippen LogP contribution in [0.3, 0.4) is 0 Å². The maximum Gasteiger partial charge on any atom is 0.153 e. The predicted molar refractivity (Wildman–Crippen MR) is 67.5 cm³/mol. The molecule has 4 nitrogen and oxygen atoms in total. The molecule has 2 aliphatic heterocycles. The Morgan fingerprint density at radius 1 is 1.33 bits per heavy atom.